The van der Waals surface area contributed by atoms with Gasteiger partial charge >= 0.3 is 0 Å². The highest BCUT2D eigenvalue weighted by Gasteiger charge is 2.13. The Hall–Kier alpha value is -1.43. The summed E-state index contributed by atoms with van der Waals surface area (Å²) < 4.78 is 3.32. The molecule has 1 N–H and O–H groups in total. The molecule has 0 aliphatic rings. The van der Waals surface area contributed by atoms with Gasteiger partial charge in [-0.25, -0.2) is 0 Å². The van der Waals surface area contributed by atoms with E-state index in [-0.39, 0.29) is 0 Å². The van der Waals surface area contributed by atoms with E-state index in [0.29, 0.717) is 15.6 Å². The first-order chi connectivity index (χ1) is 9.66. The Bertz CT molecular complexity index is 811. The van der Waals surface area contributed by atoms with Crippen LogP contribution in [0, 0.1) is 4.77 Å². The van der Waals surface area contributed by atoms with Crippen LogP contribution in [-0.2, 0) is 0 Å². The molecule has 20 heavy (non-hydrogen) atoms. The van der Waals surface area contributed by atoms with E-state index in [1.807, 2.05) is 53.1 Å². The molecular formula is C14H9BrClN3S. The first-order valence-electron chi connectivity index (χ1n) is 5.85. The van der Waals surface area contributed by atoms with E-state index < -0.39 is 0 Å². The van der Waals surface area contributed by atoms with Crippen molar-refractivity contribution in [3.05, 3.63) is 62.8 Å². The van der Waals surface area contributed by atoms with Crippen LogP contribution in [0.2, 0.25) is 5.02 Å². The maximum Gasteiger partial charge on any atom is 0.200 e. The molecule has 0 atom stereocenters. The minimum Gasteiger partial charge on any atom is -0.268 e. The van der Waals surface area contributed by atoms with Gasteiger partial charge in [0.1, 0.15) is 0 Å². The third kappa shape index (κ3) is 2.44. The number of nitrogens with zero attached hydrogens (tertiary/aromatic N) is 2. The molecule has 0 bridgehead atoms. The summed E-state index contributed by atoms with van der Waals surface area (Å²) in [7, 11) is 0. The van der Waals surface area contributed by atoms with Crippen LogP contribution < -0.4 is 0 Å². The van der Waals surface area contributed by atoms with Crippen LogP contribution in [0.1, 0.15) is 0 Å². The van der Waals surface area contributed by atoms with Crippen molar-refractivity contribution in [2.24, 2.45) is 0 Å². The summed E-state index contributed by atoms with van der Waals surface area (Å²) in [6.07, 6.45) is 0. The number of halogens is 2. The second kappa shape index (κ2) is 5.52. The Morgan fingerprint density at radius 2 is 1.90 bits per heavy atom. The zero-order valence-electron chi connectivity index (χ0n) is 10.2. The second-order valence-electron chi connectivity index (χ2n) is 4.15. The molecule has 3 nitrogen and oxygen atoms in total. The molecule has 0 fully saturated rings. The fraction of sp³-hybridized carbons (Fsp3) is 0. The van der Waals surface area contributed by atoms with E-state index in [1.54, 1.807) is 0 Å². The maximum absolute atomic E-state index is 6.30. The number of nitrogens with one attached hydrogen (secondary N) is 1. The normalized spacial score (nSPS) is 10.7. The smallest absolute Gasteiger partial charge is 0.200 e. The van der Waals surface area contributed by atoms with Crippen molar-refractivity contribution in [1.29, 1.82) is 0 Å². The fourth-order valence-electron chi connectivity index (χ4n) is 1.97. The van der Waals surface area contributed by atoms with E-state index in [9.17, 15) is 0 Å². The SMILES string of the molecule is S=c1[nH]nc(-c2ccc(Br)cc2Cl)n1-c1ccccc1. The Morgan fingerprint density at radius 1 is 1.15 bits per heavy atom. The third-order valence-electron chi connectivity index (χ3n) is 2.86. The van der Waals surface area contributed by atoms with Crippen molar-refractivity contribution in [3.63, 3.8) is 0 Å². The van der Waals surface area contributed by atoms with Crippen LogP contribution in [0.5, 0.6) is 0 Å². The summed E-state index contributed by atoms with van der Waals surface area (Å²) in [5.41, 5.74) is 1.77. The highest BCUT2D eigenvalue weighted by atomic mass is 79.9. The van der Waals surface area contributed by atoms with Gasteiger partial charge in [-0.3, -0.25) is 9.67 Å². The Balaban J connectivity index is 2.24. The van der Waals surface area contributed by atoms with Gasteiger partial charge in [-0.05, 0) is 42.5 Å². The molecule has 3 rings (SSSR count). The van der Waals surface area contributed by atoms with Gasteiger partial charge in [-0.1, -0.05) is 45.7 Å². The van der Waals surface area contributed by atoms with Crippen molar-refractivity contribution in [2.75, 3.05) is 0 Å². The molecule has 2 aromatic carbocycles. The lowest BCUT2D eigenvalue weighted by Gasteiger charge is -2.08. The van der Waals surface area contributed by atoms with Crippen molar-refractivity contribution in [2.45, 2.75) is 0 Å². The molecule has 0 spiro atoms. The van der Waals surface area contributed by atoms with Gasteiger partial charge in [0.15, 0.2) is 10.6 Å². The largest absolute Gasteiger partial charge is 0.268 e. The topological polar surface area (TPSA) is 33.6 Å². The average Bonchev–Trinajstić information content (AvgIpc) is 2.81. The quantitative estimate of drug-likeness (QED) is 0.647. The van der Waals surface area contributed by atoms with Crippen molar-refractivity contribution < 1.29 is 0 Å². The van der Waals surface area contributed by atoms with Gasteiger partial charge < -0.3 is 0 Å². The van der Waals surface area contributed by atoms with Crippen molar-refractivity contribution in [3.8, 4) is 17.1 Å². The van der Waals surface area contributed by atoms with Crippen LogP contribution in [0.4, 0.5) is 0 Å². The summed E-state index contributed by atoms with van der Waals surface area (Å²) >= 11 is 15.0. The first kappa shape index (κ1) is 13.5. The molecule has 1 aromatic heterocycles. The molecule has 0 aliphatic heterocycles. The molecule has 0 saturated heterocycles. The minimum absolute atomic E-state index is 0.533. The molecule has 3 aromatic rings. The molecule has 100 valence electrons. The maximum atomic E-state index is 6.30. The predicted molar refractivity (Wildman–Crippen MR) is 86.9 cm³/mol. The summed E-state index contributed by atoms with van der Waals surface area (Å²) in [6, 6.07) is 15.5. The van der Waals surface area contributed by atoms with E-state index in [4.69, 9.17) is 23.8 Å². The lowest BCUT2D eigenvalue weighted by atomic mass is 10.2. The number of H-pyrrole nitrogens is 1. The highest BCUT2D eigenvalue weighted by molar-refractivity contribution is 9.10. The van der Waals surface area contributed by atoms with E-state index in [2.05, 4.69) is 26.1 Å². The summed E-state index contributed by atoms with van der Waals surface area (Å²) in [4.78, 5) is 0. The van der Waals surface area contributed by atoms with Crippen LogP contribution in [0.25, 0.3) is 17.1 Å². The summed E-state index contributed by atoms with van der Waals surface area (Å²) in [5.74, 6) is 0.693. The second-order valence-corrected chi connectivity index (χ2v) is 5.86. The zero-order valence-corrected chi connectivity index (χ0v) is 13.3. The molecule has 0 amide bonds. The lowest BCUT2D eigenvalue weighted by molar-refractivity contribution is 1.04. The Morgan fingerprint density at radius 3 is 2.60 bits per heavy atom. The van der Waals surface area contributed by atoms with Crippen LogP contribution >= 0.6 is 39.7 Å². The number of hydrogen-bond donors (Lipinski definition) is 1. The van der Waals surface area contributed by atoms with Gasteiger partial charge in [0.25, 0.3) is 0 Å². The molecule has 0 aliphatic carbocycles. The first-order valence-corrected chi connectivity index (χ1v) is 7.43. The standard InChI is InChI=1S/C14H9BrClN3S/c15-9-6-7-11(12(16)8-9)13-17-18-14(20)19(13)10-4-2-1-3-5-10/h1-8H,(H,18,20). The Labute approximate surface area is 134 Å². The van der Waals surface area contributed by atoms with Gasteiger partial charge in [0.05, 0.1) is 5.02 Å². The average molecular weight is 367 g/mol. The van der Waals surface area contributed by atoms with E-state index in [0.717, 1.165) is 15.7 Å². The molecular weight excluding hydrogens is 358 g/mol. The molecule has 6 heteroatoms. The van der Waals surface area contributed by atoms with Gasteiger partial charge in [-0.2, -0.15) is 5.10 Å². The van der Waals surface area contributed by atoms with E-state index in [1.165, 1.54) is 0 Å². The highest BCUT2D eigenvalue weighted by Crippen LogP contribution is 2.30. The number of aromatic nitrogens is 3. The van der Waals surface area contributed by atoms with Crippen LogP contribution in [0.3, 0.4) is 0 Å². The molecule has 0 saturated carbocycles. The number of benzene rings is 2. The number of para-hydroxylation sites is 1. The van der Waals surface area contributed by atoms with Gasteiger partial charge in [-0.15, -0.1) is 0 Å². The number of hydrogen-bond acceptors (Lipinski definition) is 2. The fourth-order valence-corrected chi connectivity index (χ4v) is 2.96. The predicted octanol–water partition coefficient (Wildman–Crippen LogP) is 5.01. The third-order valence-corrected chi connectivity index (χ3v) is 3.94. The molecule has 1 heterocycles. The van der Waals surface area contributed by atoms with Crippen molar-refractivity contribution >= 4 is 39.7 Å². The van der Waals surface area contributed by atoms with Crippen LogP contribution in [0.15, 0.2) is 53.0 Å². The summed E-state index contributed by atoms with van der Waals surface area (Å²) in [5, 5.41) is 7.74. The van der Waals surface area contributed by atoms with E-state index >= 15 is 0 Å². The molecule has 0 unspecified atom stereocenters. The monoisotopic (exact) mass is 365 g/mol. The number of aromatic amines is 1. The summed E-state index contributed by atoms with van der Waals surface area (Å²) in [6.45, 7) is 0. The number of rotatable bonds is 2. The van der Waals surface area contributed by atoms with Gasteiger partial charge in [0.2, 0.25) is 0 Å². The molecule has 0 radical (unpaired) electrons. The minimum atomic E-state index is 0.533. The Kier molecular flexibility index (Phi) is 3.74. The zero-order chi connectivity index (χ0) is 14.1. The van der Waals surface area contributed by atoms with Crippen LogP contribution in [-0.4, -0.2) is 14.8 Å². The van der Waals surface area contributed by atoms with Gasteiger partial charge in [0, 0.05) is 15.7 Å². The van der Waals surface area contributed by atoms with Crippen molar-refractivity contribution in [1.82, 2.24) is 14.8 Å². The lowest BCUT2D eigenvalue weighted by Crippen LogP contribution is -1.97.